The second-order valence-corrected chi connectivity index (χ2v) is 3.26. The fourth-order valence-electron chi connectivity index (χ4n) is 1.28. The molecule has 0 amide bonds. The van der Waals surface area contributed by atoms with Crippen LogP contribution in [0.25, 0.3) is 0 Å². The number of carbonyl (C=O) groups is 1. The van der Waals surface area contributed by atoms with Gasteiger partial charge in [0.25, 0.3) is 0 Å². The molecule has 1 aromatic carbocycles. The first-order chi connectivity index (χ1) is 7.19. The third-order valence-corrected chi connectivity index (χ3v) is 2.06. The lowest BCUT2D eigenvalue weighted by atomic mass is 10.0. The zero-order valence-corrected chi connectivity index (χ0v) is 9.16. The highest BCUT2D eigenvalue weighted by atomic mass is 16.1. The lowest BCUT2D eigenvalue weighted by Crippen LogP contribution is -2.13. The maximum Gasteiger partial charge on any atom is 0.203 e. The predicted octanol–water partition coefficient (Wildman–Crippen LogP) is 2.56. The molecule has 1 rings (SSSR count). The average Bonchev–Trinajstić information content (AvgIpc) is 2.26. The molecule has 0 unspecified atom stereocenters. The summed E-state index contributed by atoms with van der Waals surface area (Å²) in [4.78, 5) is 15.7. The van der Waals surface area contributed by atoms with Gasteiger partial charge < -0.3 is 0 Å². The van der Waals surface area contributed by atoms with Crippen molar-refractivity contribution in [3.8, 4) is 0 Å². The molecule has 2 heteroatoms. The van der Waals surface area contributed by atoms with Crippen LogP contribution >= 0.6 is 0 Å². The van der Waals surface area contributed by atoms with E-state index in [2.05, 4.69) is 11.6 Å². The lowest BCUT2D eigenvalue weighted by Gasteiger charge is -2.03. The molecule has 0 bridgehead atoms. The number of ketones is 1. The number of aryl methyl sites for hydroxylation is 1. The summed E-state index contributed by atoms with van der Waals surface area (Å²) >= 11 is 0. The van der Waals surface area contributed by atoms with Crippen molar-refractivity contribution in [1.82, 2.24) is 0 Å². The minimum atomic E-state index is -0.124. The summed E-state index contributed by atoms with van der Waals surface area (Å²) in [5.41, 5.74) is 2.51. The Balaban J connectivity index is 3.10. The molecule has 0 saturated heterocycles. The maximum atomic E-state index is 11.5. The summed E-state index contributed by atoms with van der Waals surface area (Å²) in [7, 11) is 0. The smallest absolute Gasteiger partial charge is 0.203 e. The van der Waals surface area contributed by atoms with Crippen LogP contribution in [0, 0.1) is 6.92 Å². The van der Waals surface area contributed by atoms with Gasteiger partial charge in [-0.15, -0.1) is 0 Å². The van der Waals surface area contributed by atoms with E-state index in [0.29, 0.717) is 12.3 Å². The number of carbonyl (C=O) groups excluding carboxylic acids is 1. The van der Waals surface area contributed by atoms with Crippen LogP contribution in [0.5, 0.6) is 0 Å². The molecule has 0 aliphatic rings. The average molecular weight is 201 g/mol. The van der Waals surface area contributed by atoms with Crippen molar-refractivity contribution in [1.29, 1.82) is 0 Å². The summed E-state index contributed by atoms with van der Waals surface area (Å²) in [5.74, 6) is -0.124. The Kier molecular flexibility index (Phi) is 3.98. The van der Waals surface area contributed by atoms with E-state index < -0.39 is 0 Å². The van der Waals surface area contributed by atoms with Gasteiger partial charge in [0.15, 0.2) is 0 Å². The Morgan fingerprint density at radius 1 is 1.40 bits per heavy atom. The van der Waals surface area contributed by atoms with Crippen molar-refractivity contribution < 1.29 is 4.79 Å². The molecule has 0 spiro atoms. The molecule has 0 aliphatic heterocycles. The first-order valence-electron chi connectivity index (χ1n) is 4.97. The van der Waals surface area contributed by atoms with Crippen LogP contribution in [-0.2, 0) is 4.79 Å². The van der Waals surface area contributed by atoms with Gasteiger partial charge in [0.1, 0.15) is 5.71 Å². The van der Waals surface area contributed by atoms with Gasteiger partial charge in [-0.3, -0.25) is 9.79 Å². The third kappa shape index (κ3) is 2.88. The third-order valence-electron chi connectivity index (χ3n) is 2.06. The number of benzene rings is 1. The summed E-state index contributed by atoms with van der Waals surface area (Å²) < 4.78 is 0. The Morgan fingerprint density at radius 3 is 2.47 bits per heavy atom. The van der Waals surface area contributed by atoms with Crippen LogP contribution in [0.4, 0.5) is 0 Å². The molecule has 78 valence electrons. The van der Waals surface area contributed by atoms with Crippen LogP contribution in [0.1, 0.15) is 18.1 Å². The lowest BCUT2D eigenvalue weighted by molar-refractivity contribution is -0.108. The summed E-state index contributed by atoms with van der Waals surface area (Å²) in [6.07, 6.45) is 1.30. The normalized spacial score (nSPS) is 11.2. The van der Waals surface area contributed by atoms with Crippen LogP contribution in [0.2, 0.25) is 0 Å². The zero-order valence-electron chi connectivity index (χ0n) is 9.16. The highest BCUT2D eigenvalue weighted by Gasteiger charge is 2.09. The molecule has 0 heterocycles. The molecule has 0 fully saturated rings. The van der Waals surface area contributed by atoms with Crippen LogP contribution in [0.15, 0.2) is 41.9 Å². The zero-order chi connectivity index (χ0) is 11.3. The van der Waals surface area contributed by atoms with E-state index in [1.807, 2.05) is 38.1 Å². The van der Waals surface area contributed by atoms with Gasteiger partial charge in [-0.1, -0.05) is 36.4 Å². The topological polar surface area (TPSA) is 29.4 Å². The van der Waals surface area contributed by atoms with E-state index in [1.54, 1.807) is 0 Å². The van der Waals surface area contributed by atoms with E-state index >= 15 is 0 Å². The Hall–Kier alpha value is -1.70. The maximum absolute atomic E-state index is 11.5. The molecule has 0 N–H and O–H groups in total. The number of aliphatic imine (C=N–C) groups is 1. The van der Waals surface area contributed by atoms with Gasteiger partial charge in [0.05, 0.1) is 0 Å². The van der Waals surface area contributed by atoms with E-state index in [0.717, 1.165) is 5.56 Å². The molecule has 1 aromatic rings. The SMILES string of the molecule is C=CC(=O)C(=NCC)c1ccc(C)cc1. The quantitative estimate of drug-likeness (QED) is 0.543. The predicted molar refractivity (Wildman–Crippen MR) is 63.5 cm³/mol. The van der Waals surface area contributed by atoms with E-state index in [4.69, 9.17) is 0 Å². The van der Waals surface area contributed by atoms with Gasteiger partial charge in [0, 0.05) is 12.1 Å². The first-order valence-corrected chi connectivity index (χ1v) is 4.97. The fourth-order valence-corrected chi connectivity index (χ4v) is 1.28. The van der Waals surface area contributed by atoms with Crippen molar-refractivity contribution in [2.45, 2.75) is 13.8 Å². The molecule has 0 radical (unpaired) electrons. The monoisotopic (exact) mass is 201 g/mol. The van der Waals surface area contributed by atoms with Gasteiger partial charge in [-0.05, 0) is 19.9 Å². The minimum absolute atomic E-state index is 0.124. The van der Waals surface area contributed by atoms with Gasteiger partial charge in [-0.2, -0.15) is 0 Å². The van der Waals surface area contributed by atoms with E-state index in [1.165, 1.54) is 11.6 Å². The molecule has 0 aliphatic carbocycles. The van der Waals surface area contributed by atoms with Crippen LogP contribution < -0.4 is 0 Å². The standard InChI is InChI=1S/C13H15NO/c1-4-12(15)13(14-5-2)11-8-6-10(3)7-9-11/h4,6-9H,1,5H2,2-3H3. The second kappa shape index (κ2) is 5.25. The first kappa shape index (κ1) is 11.4. The number of allylic oxidation sites excluding steroid dienone is 1. The number of hydrogen-bond acceptors (Lipinski definition) is 2. The van der Waals surface area contributed by atoms with Crippen LogP contribution in [0.3, 0.4) is 0 Å². The number of rotatable bonds is 4. The Morgan fingerprint density at radius 2 is 2.00 bits per heavy atom. The van der Waals surface area contributed by atoms with Crippen molar-refractivity contribution in [2.75, 3.05) is 6.54 Å². The Bertz CT molecular complexity index is 388. The van der Waals surface area contributed by atoms with Crippen molar-refractivity contribution in [3.05, 3.63) is 48.0 Å². The van der Waals surface area contributed by atoms with Crippen molar-refractivity contribution in [2.24, 2.45) is 4.99 Å². The largest absolute Gasteiger partial charge is 0.288 e. The molecule has 0 atom stereocenters. The number of hydrogen-bond donors (Lipinski definition) is 0. The highest BCUT2D eigenvalue weighted by Crippen LogP contribution is 2.06. The molecule has 2 nitrogen and oxygen atoms in total. The van der Waals surface area contributed by atoms with Crippen molar-refractivity contribution in [3.63, 3.8) is 0 Å². The van der Waals surface area contributed by atoms with Gasteiger partial charge in [0.2, 0.25) is 5.78 Å². The van der Waals surface area contributed by atoms with E-state index in [-0.39, 0.29) is 5.78 Å². The van der Waals surface area contributed by atoms with Crippen LogP contribution in [-0.4, -0.2) is 18.0 Å². The minimum Gasteiger partial charge on any atom is -0.288 e. The molecular weight excluding hydrogens is 186 g/mol. The summed E-state index contributed by atoms with van der Waals surface area (Å²) in [5, 5.41) is 0. The summed E-state index contributed by atoms with van der Waals surface area (Å²) in [6.45, 7) is 7.99. The molecule has 0 aromatic heterocycles. The molecule has 15 heavy (non-hydrogen) atoms. The van der Waals surface area contributed by atoms with Gasteiger partial charge in [-0.25, -0.2) is 0 Å². The molecule has 0 saturated carbocycles. The van der Waals surface area contributed by atoms with Crippen molar-refractivity contribution >= 4 is 11.5 Å². The Labute approximate surface area is 90.4 Å². The summed E-state index contributed by atoms with van der Waals surface area (Å²) in [6, 6.07) is 7.75. The van der Waals surface area contributed by atoms with Gasteiger partial charge >= 0.3 is 0 Å². The van der Waals surface area contributed by atoms with E-state index in [9.17, 15) is 4.79 Å². The highest BCUT2D eigenvalue weighted by molar-refractivity contribution is 6.49. The molecular formula is C13H15NO. The fraction of sp³-hybridized carbons (Fsp3) is 0.231. The number of nitrogens with zero attached hydrogens (tertiary/aromatic N) is 1. The second-order valence-electron chi connectivity index (χ2n) is 3.26.